The molecule has 6 heteroatoms. The Morgan fingerprint density at radius 1 is 0.384 bits per heavy atom. The van der Waals surface area contributed by atoms with E-state index in [-0.39, 0.29) is 18.5 Å². The lowest BCUT2D eigenvalue weighted by atomic mass is 10.0. The Morgan fingerprint density at radius 2 is 0.685 bits per heavy atom. The minimum atomic E-state index is -0.666. The summed E-state index contributed by atoms with van der Waals surface area (Å²) >= 11 is 0. The van der Waals surface area contributed by atoms with Crippen LogP contribution >= 0.6 is 0 Å². The van der Waals surface area contributed by atoms with Crippen molar-refractivity contribution in [2.24, 2.45) is 0 Å². The summed E-state index contributed by atoms with van der Waals surface area (Å²) in [4.78, 5) is 24.6. The molecule has 3 N–H and O–H groups in total. The largest absolute Gasteiger partial charge is 0.466 e. The number of amides is 1. The molecule has 0 heterocycles. The molecule has 0 fully saturated rings. The number of hydrogen-bond donors (Lipinski definition) is 3. The van der Waals surface area contributed by atoms with Crippen LogP contribution in [0.25, 0.3) is 0 Å². The van der Waals surface area contributed by atoms with Crippen LogP contribution in [0.15, 0.2) is 36.5 Å². The van der Waals surface area contributed by atoms with Gasteiger partial charge < -0.3 is 20.3 Å². The highest BCUT2D eigenvalue weighted by Crippen LogP contribution is 2.18. The van der Waals surface area contributed by atoms with Crippen molar-refractivity contribution in [3.8, 4) is 0 Å². The fourth-order valence-electron chi connectivity index (χ4n) is 10.1. The van der Waals surface area contributed by atoms with Gasteiger partial charge in [0.1, 0.15) is 0 Å². The van der Waals surface area contributed by atoms with Gasteiger partial charge in [0.2, 0.25) is 5.91 Å². The average Bonchev–Trinajstić information content (AvgIpc) is 3.39. The van der Waals surface area contributed by atoms with Crippen molar-refractivity contribution in [2.45, 2.75) is 366 Å². The molecule has 2 atom stereocenters. The molecule has 73 heavy (non-hydrogen) atoms. The molecule has 0 aromatic rings. The molecule has 0 radical (unpaired) electrons. The Kier molecular flexibility index (Phi) is 61.0. The first-order valence-corrected chi connectivity index (χ1v) is 32.7. The standard InChI is InChI=1S/C67H127NO5/c1-3-5-7-9-11-13-15-17-19-33-37-41-45-49-53-57-61-67(72)73-62-58-54-50-46-42-38-34-30-28-26-24-22-20-21-23-25-27-29-32-36-40-44-48-52-56-60-66(71)68-64(63-69)65(70)59-55-51-47-43-39-35-31-18-16-14-12-10-8-6-4-2/h13,15,19,21,23,33,64-65,69-70H,3-12,14,16-18,20,22,24-32,34-63H2,1-2H3,(H,68,71)/b15-13-,23-21-,33-19-. The van der Waals surface area contributed by atoms with E-state index in [0.29, 0.717) is 25.9 Å². The van der Waals surface area contributed by atoms with E-state index in [9.17, 15) is 19.8 Å². The van der Waals surface area contributed by atoms with E-state index in [1.807, 2.05) is 0 Å². The number of unbranched alkanes of at least 4 members (excludes halogenated alkanes) is 44. The fourth-order valence-corrected chi connectivity index (χ4v) is 10.1. The lowest BCUT2D eigenvalue weighted by Crippen LogP contribution is -2.45. The number of hydrogen-bond acceptors (Lipinski definition) is 5. The Labute approximate surface area is 455 Å². The maximum absolute atomic E-state index is 12.5. The summed E-state index contributed by atoms with van der Waals surface area (Å²) < 4.78 is 5.48. The van der Waals surface area contributed by atoms with Crippen LogP contribution in [-0.4, -0.2) is 47.4 Å². The van der Waals surface area contributed by atoms with E-state index in [1.165, 1.54) is 270 Å². The molecule has 0 spiro atoms. The molecule has 0 aromatic carbocycles. The molecule has 0 saturated carbocycles. The molecule has 0 aliphatic carbocycles. The summed E-state index contributed by atoms with van der Waals surface area (Å²) in [7, 11) is 0. The molecule has 0 aliphatic rings. The Morgan fingerprint density at radius 3 is 1.07 bits per heavy atom. The topological polar surface area (TPSA) is 95.9 Å². The summed E-state index contributed by atoms with van der Waals surface area (Å²) in [5.41, 5.74) is 0. The van der Waals surface area contributed by atoms with Gasteiger partial charge in [0.05, 0.1) is 25.4 Å². The predicted molar refractivity (Wildman–Crippen MR) is 319 cm³/mol. The van der Waals surface area contributed by atoms with Gasteiger partial charge >= 0.3 is 5.97 Å². The van der Waals surface area contributed by atoms with Gasteiger partial charge in [-0.2, -0.15) is 0 Å². The maximum atomic E-state index is 12.5. The van der Waals surface area contributed by atoms with Gasteiger partial charge in [-0.15, -0.1) is 0 Å². The normalized spacial score (nSPS) is 12.8. The quantitative estimate of drug-likeness (QED) is 0.0320. The average molecular weight is 1030 g/mol. The van der Waals surface area contributed by atoms with E-state index >= 15 is 0 Å². The number of esters is 1. The molecule has 1 amide bonds. The summed E-state index contributed by atoms with van der Waals surface area (Å²) in [6, 6.07) is -0.544. The van der Waals surface area contributed by atoms with E-state index in [4.69, 9.17) is 4.74 Å². The number of ether oxygens (including phenoxy) is 1. The zero-order valence-electron chi connectivity index (χ0n) is 49.1. The van der Waals surface area contributed by atoms with Gasteiger partial charge in [-0.05, 0) is 83.5 Å². The van der Waals surface area contributed by atoms with Crippen molar-refractivity contribution in [3.63, 3.8) is 0 Å². The van der Waals surface area contributed by atoms with Crippen LogP contribution in [0.5, 0.6) is 0 Å². The highest BCUT2D eigenvalue weighted by molar-refractivity contribution is 5.76. The van der Waals surface area contributed by atoms with Gasteiger partial charge in [0, 0.05) is 12.8 Å². The highest BCUT2D eigenvalue weighted by atomic mass is 16.5. The third-order valence-corrected chi connectivity index (χ3v) is 15.2. The molecule has 0 aromatic heterocycles. The van der Waals surface area contributed by atoms with Gasteiger partial charge in [0.15, 0.2) is 0 Å². The van der Waals surface area contributed by atoms with Gasteiger partial charge in [-0.3, -0.25) is 9.59 Å². The molecule has 0 rings (SSSR count). The van der Waals surface area contributed by atoms with Crippen LogP contribution in [0.2, 0.25) is 0 Å². The summed E-state index contributed by atoms with van der Waals surface area (Å²) in [5, 5.41) is 23.3. The molecule has 0 aliphatic heterocycles. The lowest BCUT2D eigenvalue weighted by Gasteiger charge is -2.22. The smallest absolute Gasteiger partial charge is 0.305 e. The van der Waals surface area contributed by atoms with Crippen LogP contribution in [0.4, 0.5) is 0 Å². The number of aliphatic hydroxyl groups excluding tert-OH is 2. The predicted octanol–water partition coefficient (Wildman–Crippen LogP) is 20.8. The number of aliphatic hydroxyl groups is 2. The summed E-state index contributed by atoms with van der Waals surface area (Å²) in [6.45, 7) is 4.95. The Bertz CT molecular complexity index is 1180. The van der Waals surface area contributed by atoms with Crippen molar-refractivity contribution < 1.29 is 24.5 Å². The fraction of sp³-hybridized carbons (Fsp3) is 0.881. The Hall–Kier alpha value is -1.92. The number of carbonyl (C=O) groups is 2. The third kappa shape index (κ3) is 59.2. The minimum Gasteiger partial charge on any atom is -0.466 e. The maximum Gasteiger partial charge on any atom is 0.305 e. The van der Waals surface area contributed by atoms with Crippen LogP contribution in [0.1, 0.15) is 354 Å². The van der Waals surface area contributed by atoms with Gasteiger partial charge in [-0.1, -0.05) is 294 Å². The first-order valence-electron chi connectivity index (χ1n) is 32.7. The zero-order valence-corrected chi connectivity index (χ0v) is 49.1. The molecule has 0 bridgehead atoms. The Balaban J connectivity index is 3.40. The van der Waals surface area contributed by atoms with Crippen LogP contribution in [0, 0.1) is 0 Å². The van der Waals surface area contributed by atoms with Crippen LogP contribution in [0.3, 0.4) is 0 Å². The zero-order chi connectivity index (χ0) is 52.9. The second kappa shape index (κ2) is 62.6. The molecule has 2 unspecified atom stereocenters. The van der Waals surface area contributed by atoms with E-state index in [2.05, 4.69) is 55.6 Å². The van der Waals surface area contributed by atoms with Crippen molar-refractivity contribution in [3.05, 3.63) is 36.5 Å². The number of nitrogens with one attached hydrogen (secondary N) is 1. The van der Waals surface area contributed by atoms with Gasteiger partial charge in [0.25, 0.3) is 0 Å². The third-order valence-electron chi connectivity index (χ3n) is 15.2. The molecular weight excluding hydrogens is 899 g/mol. The first kappa shape index (κ1) is 71.1. The van der Waals surface area contributed by atoms with Crippen molar-refractivity contribution >= 4 is 11.9 Å². The van der Waals surface area contributed by atoms with Crippen LogP contribution < -0.4 is 5.32 Å². The number of rotatable bonds is 61. The number of allylic oxidation sites excluding steroid dienone is 6. The van der Waals surface area contributed by atoms with E-state index < -0.39 is 12.1 Å². The molecule has 6 nitrogen and oxygen atoms in total. The van der Waals surface area contributed by atoms with Crippen molar-refractivity contribution in [2.75, 3.05) is 13.2 Å². The second-order valence-electron chi connectivity index (χ2n) is 22.4. The minimum absolute atomic E-state index is 0.000200. The monoisotopic (exact) mass is 1030 g/mol. The highest BCUT2D eigenvalue weighted by Gasteiger charge is 2.20. The second-order valence-corrected chi connectivity index (χ2v) is 22.4. The molecule has 0 saturated heterocycles. The summed E-state index contributed by atoms with van der Waals surface area (Å²) in [6.07, 6.45) is 78.8. The molecular formula is C67H127NO5. The SMILES string of the molecule is CCCCCC/C=C\C/C=C\CCCCCCCC(=O)OCCCCCCCCCCCCCC/C=C\CCCCCCCCCCCC(=O)NC(CO)C(O)CCCCCCCCCCCCCCCCC. The van der Waals surface area contributed by atoms with Crippen LogP contribution in [-0.2, 0) is 14.3 Å². The number of carbonyl (C=O) groups excluding carboxylic acids is 2. The van der Waals surface area contributed by atoms with Crippen molar-refractivity contribution in [1.29, 1.82) is 0 Å². The van der Waals surface area contributed by atoms with Gasteiger partial charge in [-0.25, -0.2) is 0 Å². The first-order chi connectivity index (χ1) is 36.0. The molecule has 430 valence electrons. The lowest BCUT2D eigenvalue weighted by molar-refractivity contribution is -0.143. The van der Waals surface area contributed by atoms with Crippen molar-refractivity contribution in [1.82, 2.24) is 5.32 Å². The summed E-state index contributed by atoms with van der Waals surface area (Å²) in [5.74, 6) is -0.0362. The van der Waals surface area contributed by atoms with E-state index in [1.54, 1.807) is 0 Å². The van der Waals surface area contributed by atoms with E-state index in [0.717, 1.165) is 51.4 Å².